The Kier molecular flexibility index (Phi) is 12.1. The van der Waals surface area contributed by atoms with Gasteiger partial charge in [-0.2, -0.15) is 0 Å². The number of carboxylic acid groups (broad SMARTS) is 1. The van der Waals surface area contributed by atoms with Gasteiger partial charge in [-0.25, -0.2) is 4.79 Å². The van der Waals surface area contributed by atoms with Gasteiger partial charge in [0.1, 0.15) is 6.54 Å². The van der Waals surface area contributed by atoms with E-state index in [4.69, 9.17) is 38.8 Å². The van der Waals surface area contributed by atoms with Crippen LogP contribution < -0.4 is 16.4 Å². The zero-order chi connectivity index (χ0) is 27.8. The van der Waals surface area contributed by atoms with Crippen LogP contribution in [0.3, 0.4) is 0 Å². The molecule has 1 fully saturated rings. The van der Waals surface area contributed by atoms with Gasteiger partial charge in [-0.15, -0.1) is 12.4 Å². The highest BCUT2D eigenvalue weighted by Crippen LogP contribution is 2.31. The van der Waals surface area contributed by atoms with Crippen molar-refractivity contribution < 1.29 is 33.8 Å². The molecule has 1 saturated heterocycles. The zero-order valence-electron chi connectivity index (χ0n) is 20.0. The van der Waals surface area contributed by atoms with Gasteiger partial charge in [-0.3, -0.25) is 28.4 Å². The number of nitrogens with zero attached hydrogens (tertiary/aromatic N) is 2. The summed E-state index contributed by atoms with van der Waals surface area (Å²) in [5, 5.41) is 14.6. The highest BCUT2D eigenvalue weighted by molar-refractivity contribution is 7.98. The van der Waals surface area contributed by atoms with E-state index in [1.165, 1.54) is 16.4 Å². The molecule has 5 N–H and O–H groups in total. The van der Waals surface area contributed by atoms with Crippen LogP contribution in [-0.4, -0.2) is 68.9 Å². The molecule has 210 valence electrons. The van der Waals surface area contributed by atoms with Crippen LogP contribution in [-0.2, 0) is 25.7 Å². The summed E-state index contributed by atoms with van der Waals surface area (Å²) < 4.78 is 6.51. The summed E-state index contributed by atoms with van der Waals surface area (Å²) in [7, 11) is 0. The van der Waals surface area contributed by atoms with E-state index in [1.807, 2.05) is 0 Å². The Balaban J connectivity index is 0.00000533. The third-order valence-electron chi connectivity index (χ3n) is 5.07. The summed E-state index contributed by atoms with van der Waals surface area (Å²) in [6, 6.07) is 11.1. The number of urea groups is 1. The second kappa shape index (κ2) is 14.8. The lowest BCUT2D eigenvalue weighted by Crippen LogP contribution is -2.47. The summed E-state index contributed by atoms with van der Waals surface area (Å²) in [6.07, 6.45) is -0.612. The van der Waals surface area contributed by atoms with Crippen LogP contribution in [0, 0.1) is 0 Å². The first kappa shape index (κ1) is 32.0. The maximum atomic E-state index is 13.1. The number of nitrogens with two attached hydrogens (primary N) is 1. The first-order valence-corrected chi connectivity index (χ1v) is 12.6. The first-order valence-electron chi connectivity index (χ1n) is 11.0. The predicted molar refractivity (Wildman–Crippen MR) is 146 cm³/mol. The molecule has 1 aliphatic heterocycles. The maximum Gasteiger partial charge on any atom is 0.335 e. The quantitative estimate of drug-likeness (QED) is 0.217. The number of rotatable bonds is 11. The lowest BCUT2D eigenvalue weighted by atomic mass is 10.2. The number of hydrogen-bond donors (Lipinski definition) is 4. The summed E-state index contributed by atoms with van der Waals surface area (Å²) in [5.74, 6) is -3.51. The molecule has 0 bridgehead atoms. The predicted octanol–water partition coefficient (Wildman–Crippen LogP) is 2.43. The lowest BCUT2D eigenvalue weighted by molar-refractivity contribution is -0.147. The van der Waals surface area contributed by atoms with E-state index in [0.29, 0.717) is 15.6 Å². The number of carbonyl (C=O) groups is 5. The number of carboxylic acids is 1. The van der Waals surface area contributed by atoms with Gasteiger partial charge in [-0.05, 0) is 42.0 Å². The first-order chi connectivity index (χ1) is 18.0. The molecule has 0 spiro atoms. The Morgan fingerprint density at radius 2 is 1.64 bits per heavy atom. The third kappa shape index (κ3) is 9.48. The fraction of sp³-hybridized carbons (Fsp3) is 0.261. The molecule has 0 saturated carbocycles. The number of halogens is 3. The monoisotopic (exact) mass is 619 g/mol. The van der Waals surface area contributed by atoms with E-state index in [9.17, 15) is 24.0 Å². The molecule has 2 aromatic rings. The van der Waals surface area contributed by atoms with Crippen molar-refractivity contribution in [1.29, 1.82) is 0 Å². The number of esters is 1. The van der Waals surface area contributed by atoms with Crippen LogP contribution in [0.5, 0.6) is 0 Å². The van der Waals surface area contributed by atoms with Gasteiger partial charge in [0.15, 0.2) is 12.2 Å². The van der Waals surface area contributed by atoms with E-state index in [-0.39, 0.29) is 19.0 Å². The molecule has 0 aromatic heterocycles. The molecular formula is C23H24Cl3N5O7S. The molecule has 0 radical (unpaired) electrons. The van der Waals surface area contributed by atoms with E-state index in [2.05, 4.69) is 10.6 Å². The molecule has 1 heterocycles. The Morgan fingerprint density at radius 3 is 2.23 bits per heavy atom. The molecule has 2 aromatic carbocycles. The summed E-state index contributed by atoms with van der Waals surface area (Å²) >= 11 is 12.8. The SMILES string of the molecule is Cl.N[C@@H](CC(=O)O)C(=O)NCC(=O)OCN1C(=O)N(Cc2ccc(Cl)cc2)SC1NC(=O)c1ccc(Cl)cc1. The fourth-order valence-corrected chi connectivity index (χ4v) is 4.45. The van der Waals surface area contributed by atoms with Gasteiger partial charge in [0, 0.05) is 27.6 Å². The van der Waals surface area contributed by atoms with E-state index >= 15 is 0 Å². The molecular weight excluding hydrogens is 597 g/mol. The fourth-order valence-electron chi connectivity index (χ4n) is 3.11. The standard InChI is InChI=1S/C23H23Cl2N5O7S.ClH/c24-15-5-1-13(2-6-15)11-30-23(36)29(12-37-19(33)10-27-21(35)17(26)9-18(31)32)22(38-30)28-20(34)14-3-7-16(25)8-4-14;/h1-8,17,22H,9-12,26H2,(H,27,35)(H,28,34)(H,31,32);1H/t17-,22?;/m0./s1. The smallest absolute Gasteiger partial charge is 0.335 e. The van der Waals surface area contributed by atoms with Crippen molar-refractivity contribution in [3.8, 4) is 0 Å². The molecule has 39 heavy (non-hydrogen) atoms. The van der Waals surface area contributed by atoms with Gasteiger partial charge < -0.3 is 26.2 Å². The number of carbonyl (C=O) groups excluding carboxylic acids is 4. The number of amides is 4. The average molecular weight is 621 g/mol. The number of benzene rings is 2. The van der Waals surface area contributed by atoms with Gasteiger partial charge in [0.25, 0.3) is 5.91 Å². The normalized spacial score (nSPS) is 15.3. The Bertz CT molecular complexity index is 1200. The number of ether oxygens (including phenoxy) is 1. The Labute approximate surface area is 243 Å². The topological polar surface area (TPSA) is 171 Å². The van der Waals surface area contributed by atoms with E-state index in [1.54, 1.807) is 36.4 Å². The molecule has 3 rings (SSSR count). The van der Waals surface area contributed by atoms with Crippen LogP contribution in [0.15, 0.2) is 48.5 Å². The summed E-state index contributed by atoms with van der Waals surface area (Å²) in [6.45, 7) is -0.960. The number of hydrogen-bond acceptors (Lipinski definition) is 8. The minimum absolute atomic E-state index is 0. The van der Waals surface area contributed by atoms with Crippen molar-refractivity contribution in [2.75, 3.05) is 13.3 Å². The van der Waals surface area contributed by atoms with Crippen molar-refractivity contribution in [2.45, 2.75) is 24.5 Å². The molecule has 2 atom stereocenters. The summed E-state index contributed by atoms with van der Waals surface area (Å²) in [4.78, 5) is 61.7. The molecule has 12 nitrogen and oxygen atoms in total. The largest absolute Gasteiger partial charge is 0.481 e. The molecule has 1 aliphatic rings. The van der Waals surface area contributed by atoms with Gasteiger partial charge in [0.05, 0.1) is 19.0 Å². The molecule has 1 unspecified atom stereocenters. The van der Waals surface area contributed by atoms with Crippen LogP contribution in [0.4, 0.5) is 4.79 Å². The van der Waals surface area contributed by atoms with Crippen LogP contribution in [0.25, 0.3) is 0 Å². The summed E-state index contributed by atoms with van der Waals surface area (Å²) in [5.41, 5.74) is 5.59. The van der Waals surface area contributed by atoms with Crippen LogP contribution >= 0.6 is 47.6 Å². The average Bonchev–Trinajstić information content (AvgIpc) is 3.15. The molecule has 4 amide bonds. The van der Waals surface area contributed by atoms with Gasteiger partial charge >= 0.3 is 18.0 Å². The van der Waals surface area contributed by atoms with Crippen molar-refractivity contribution in [1.82, 2.24) is 19.8 Å². The Morgan fingerprint density at radius 1 is 1.05 bits per heavy atom. The van der Waals surface area contributed by atoms with Crippen molar-refractivity contribution in [3.05, 3.63) is 69.7 Å². The minimum Gasteiger partial charge on any atom is -0.481 e. The highest BCUT2D eigenvalue weighted by atomic mass is 35.5. The zero-order valence-corrected chi connectivity index (χ0v) is 23.2. The van der Waals surface area contributed by atoms with Gasteiger partial charge in [-0.1, -0.05) is 35.3 Å². The highest BCUT2D eigenvalue weighted by Gasteiger charge is 2.40. The third-order valence-corrected chi connectivity index (χ3v) is 6.69. The second-order valence-corrected chi connectivity index (χ2v) is 9.89. The van der Waals surface area contributed by atoms with E-state index < -0.39 is 61.0 Å². The molecule has 16 heteroatoms. The minimum atomic E-state index is -1.34. The van der Waals surface area contributed by atoms with Crippen molar-refractivity contribution >= 4 is 77.3 Å². The lowest BCUT2D eigenvalue weighted by Gasteiger charge is -2.22. The van der Waals surface area contributed by atoms with Crippen LogP contribution in [0.2, 0.25) is 10.0 Å². The second-order valence-electron chi connectivity index (χ2n) is 7.92. The van der Waals surface area contributed by atoms with E-state index in [0.717, 1.165) is 22.4 Å². The van der Waals surface area contributed by atoms with Crippen LogP contribution in [0.1, 0.15) is 22.3 Å². The number of aliphatic carboxylic acids is 1. The Hall–Kier alpha value is -3.23. The maximum absolute atomic E-state index is 13.1. The number of nitrogens with one attached hydrogen (secondary N) is 2. The van der Waals surface area contributed by atoms with Crippen molar-refractivity contribution in [3.63, 3.8) is 0 Å². The van der Waals surface area contributed by atoms with Gasteiger partial charge in [0.2, 0.25) is 5.91 Å². The molecule has 0 aliphatic carbocycles. The van der Waals surface area contributed by atoms with Crippen molar-refractivity contribution in [2.24, 2.45) is 5.73 Å².